The van der Waals surface area contributed by atoms with Crippen molar-refractivity contribution < 1.29 is 27.9 Å². The molecule has 1 aromatic rings. The molecule has 0 heterocycles. The summed E-state index contributed by atoms with van der Waals surface area (Å²) in [5.74, 6) is -7.23. The number of rotatable bonds is 5. The van der Waals surface area contributed by atoms with E-state index in [1.807, 2.05) is 0 Å². The number of benzene rings is 1. The highest BCUT2D eigenvalue weighted by atomic mass is 19.2. The van der Waals surface area contributed by atoms with Crippen molar-refractivity contribution in [2.45, 2.75) is 0 Å². The minimum absolute atomic E-state index is 0.163. The molecule has 0 atom stereocenters. The number of hydrogen-bond acceptors (Lipinski definition) is 2. The molecule has 19 heavy (non-hydrogen) atoms. The summed E-state index contributed by atoms with van der Waals surface area (Å²) in [6, 6.07) is 1.35. The predicted octanol–water partition coefficient (Wildman–Crippen LogP) is 1.82. The first-order valence-corrected chi connectivity index (χ1v) is 5.14. The molecule has 0 bridgehead atoms. The van der Waals surface area contributed by atoms with E-state index in [-0.39, 0.29) is 6.54 Å². The largest absolute Gasteiger partial charge is 0.480 e. The molecule has 0 radical (unpaired) electrons. The van der Waals surface area contributed by atoms with Crippen LogP contribution >= 0.6 is 0 Å². The van der Waals surface area contributed by atoms with Crippen molar-refractivity contribution in [3.63, 3.8) is 0 Å². The van der Waals surface area contributed by atoms with Gasteiger partial charge in [0.15, 0.2) is 17.5 Å². The maximum Gasteiger partial charge on any atom is 0.323 e. The first-order valence-electron chi connectivity index (χ1n) is 5.14. The van der Waals surface area contributed by atoms with Gasteiger partial charge in [-0.25, -0.2) is 13.2 Å². The Morgan fingerprint density at radius 3 is 2.42 bits per heavy atom. The second kappa shape index (κ2) is 6.03. The Hall–Kier alpha value is -2.31. The van der Waals surface area contributed by atoms with Crippen molar-refractivity contribution in [3.05, 3.63) is 47.8 Å². The first kappa shape index (κ1) is 14.7. The van der Waals surface area contributed by atoms with Crippen LogP contribution in [0, 0.1) is 17.5 Å². The van der Waals surface area contributed by atoms with E-state index in [4.69, 9.17) is 5.11 Å². The van der Waals surface area contributed by atoms with E-state index in [1.165, 1.54) is 6.08 Å². The lowest BCUT2D eigenvalue weighted by atomic mass is 10.1. The van der Waals surface area contributed by atoms with Crippen LogP contribution in [-0.2, 0) is 4.79 Å². The molecule has 0 fully saturated rings. The van der Waals surface area contributed by atoms with Gasteiger partial charge in [0.1, 0.15) is 6.54 Å². The second-order valence-electron chi connectivity index (χ2n) is 3.59. The zero-order chi connectivity index (χ0) is 14.6. The van der Waals surface area contributed by atoms with E-state index in [2.05, 4.69) is 6.58 Å². The third kappa shape index (κ3) is 3.34. The molecule has 0 aromatic heterocycles. The average Bonchev–Trinajstić information content (AvgIpc) is 2.34. The molecular weight excluding hydrogens is 263 g/mol. The maximum absolute atomic E-state index is 13.4. The van der Waals surface area contributed by atoms with E-state index in [1.54, 1.807) is 0 Å². The Labute approximate surface area is 106 Å². The van der Waals surface area contributed by atoms with Gasteiger partial charge in [-0.3, -0.25) is 9.59 Å². The molecule has 0 aliphatic rings. The molecule has 1 rings (SSSR count). The Bertz CT molecular complexity index is 531. The van der Waals surface area contributed by atoms with Crippen LogP contribution in [0.3, 0.4) is 0 Å². The number of halogens is 3. The van der Waals surface area contributed by atoms with Crippen LogP contribution in [0.25, 0.3) is 0 Å². The van der Waals surface area contributed by atoms with Gasteiger partial charge in [0.2, 0.25) is 0 Å². The van der Waals surface area contributed by atoms with Gasteiger partial charge < -0.3 is 10.0 Å². The predicted molar refractivity (Wildman–Crippen MR) is 60.1 cm³/mol. The van der Waals surface area contributed by atoms with Crippen molar-refractivity contribution in [3.8, 4) is 0 Å². The summed E-state index contributed by atoms with van der Waals surface area (Å²) in [5, 5.41) is 8.62. The van der Waals surface area contributed by atoms with Gasteiger partial charge in [-0.15, -0.1) is 6.58 Å². The molecule has 0 aliphatic heterocycles. The SMILES string of the molecule is C=CCN(CC(=O)O)C(=O)c1ccc(F)c(F)c1F. The van der Waals surface area contributed by atoms with Crippen molar-refractivity contribution in [1.29, 1.82) is 0 Å². The number of carbonyl (C=O) groups excluding carboxylic acids is 1. The highest BCUT2D eigenvalue weighted by molar-refractivity contribution is 5.96. The fourth-order valence-corrected chi connectivity index (χ4v) is 1.40. The van der Waals surface area contributed by atoms with E-state index < -0.39 is 41.4 Å². The minimum Gasteiger partial charge on any atom is -0.480 e. The Balaban J connectivity index is 3.12. The number of hydrogen-bond donors (Lipinski definition) is 1. The van der Waals surface area contributed by atoms with Crippen molar-refractivity contribution in [2.75, 3.05) is 13.1 Å². The molecule has 1 N–H and O–H groups in total. The summed E-state index contributed by atoms with van der Waals surface area (Å²) in [6.07, 6.45) is 1.23. The van der Waals surface area contributed by atoms with Crippen LogP contribution in [0.4, 0.5) is 13.2 Å². The average molecular weight is 273 g/mol. The Morgan fingerprint density at radius 2 is 1.89 bits per heavy atom. The zero-order valence-electron chi connectivity index (χ0n) is 9.70. The van der Waals surface area contributed by atoms with Gasteiger partial charge >= 0.3 is 5.97 Å². The van der Waals surface area contributed by atoms with Crippen molar-refractivity contribution >= 4 is 11.9 Å². The quantitative estimate of drug-likeness (QED) is 0.657. The van der Waals surface area contributed by atoms with Gasteiger partial charge in [0.05, 0.1) is 5.56 Å². The molecule has 4 nitrogen and oxygen atoms in total. The van der Waals surface area contributed by atoms with Crippen LogP contribution in [0.15, 0.2) is 24.8 Å². The van der Waals surface area contributed by atoms with Gasteiger partial charge in [-0.05, 0) is 12.1 Å². The summed E-state index contributed by atoms with van der Waals surface area (Å²) in [5.41, 5.74) is -0.734. The smallest absolute Gasteiger partial charge is 0.323 e. The van der Waals surface area contributed by atoms with Gasteiger partial charge in [0, 0.05) is 6.54 Å². The second-order valence-corrected chi connectivity index (χ2v) is 3.59. The van der Waals surface area contributed by atoms with Crippen LogP contribution in [0.2, 0.25) is 0 Å². The molecule has 7 heteroatoms. The zero-order valence-corrected chi connectivity index (χ0v) is 9.70. The molecule has 0 saturated heterocycles. The number of carboxylic acid groups (broad SMARTS) is 1. The molecule has 102 valence electrons. The molecule has 0 unspecified atom stereocenters. The summed E-state index contributed by atoms with van der Waals surface area (Å²) < 4.78 is 39.2. The third-order valence-electron chi connectivity index (χ3n) is 2.23. The lowest BCUT2D eigenvalue weighted by Crippen LogP contribution is -2.36. The summed E-state index contributed by atoms with van der Waals surface area (Å²) in [7, 11) is 0. The summed E-state index contributed by atoms with van der Waals surface area (Å²) in [6.45, 7) is 2.46. The third-order valence-corrected chi connectivity index (χ3v) is 2.23. The summed E-state index contributed by atoms with van der Waals surface area (Å²) in [4.78, 5) is 23.2. The highest BCUT2D eigenvalue weighted by Crippen LogP contribution is 2.17. The number of nitrogens with zero attached hydrogens (tertiary/aromatic N) is 1. The molecule has 0 saturated carbocycles. The molecule has 0 aliphatic carbocycles. The van der Waals surface area contributed by atoms with Gasteiger partial charge in [0.25, 0.3) is 5.91 Å². The number of aliphatic carboxylic acids is 1. The molecule has 0 spiro atoms. The Morgan fingerprint density at radius 1 is 1.26 bits per heavy atom. The summed E-state index contributed by atoms with van der Waals surface area (Å²) >= 11 is 0. The van der Waals surface area contributed by atoms with Crippen LogP contribution in [0.1, 0.15) is 10.4 Å². The van der Waals surface area contributed by atoms with Gasteiger partial charge in [-0.2, -0.15) is 0 Å². The van der Waals surface area contributed by atoms with Crippen molar-refractivity contribution in [1.82, 2.24) is 4.90 Å². The van der Waals surface area contributed by atoms with Crippen LogP contribution in [-0.4, -0.2) is 35.0 Å². The normalized spacial score (nSPS) is 10.1. The van der Waals surface area contributed by atoms with E-state index in [0.29, 0.717) is 6.07 Å². The lowest BCUT2D eigenvalue weighted by Gasteiger charge is -2.19. The van der Waals surface area contributed by atoms with Crippen LogP contribution in [0.5, 0.6) is 0 Å². The van der Waals surface area contributed by atoms with Gasteiger partial charge in [-0.1, -0.05) is 6.08 Å². The minimum atomic E-state index is -1.78. The first-order chi connectivity index (χ1) is 8.88. The Kier molecular flexibility index (Phi) is 4.68. The highest BCUT2D eigenvalue weighted by Gasteiger charge is 2.23. The maximum atomic E-state index is 13.4. The molecule has 1 aromatic carbocycles. The number of carboxylic acids is 1. The number of carbonyl (C=O) groups is 2. The topological polar surface area (TPSA) is 57.6 Å². The van der Waals surface area contributed by atoms with Crippen molar-refractivity contribution in [2.24, 2.45) is 0 Å². The fourth-order valence-electron chi connectivity index (χ4n) is 1.40. The van der Waals surface area contributed by atoms with Crippen LogP contribution < -0.4 is 0 Å². The fraction of sp³-hybridized carbons (Fsp3) is 0.167. The van der Waals surface area contributed by atoms with E-state index in [0.717, 1.165) is 11.0 Å². The number of amides is 1. The standard InChI is InChI=1S/C12H10F3NO3/c1-2-5-16(6-9(17)18)12(19)7-3-4-8(13)11(15)10(7)14/h2-4H,1,5-6H2,(H,17,18). The van der Waals surface area contributed by atoms with E-state index in [9.17, 15) is 22.8 Å². The lowest BCUT2D eigenvalue weighted by molar-refractivity contribution is -0.137. The molecular formula is C12H10F3NO3. The molecule has 1 amide bonds. The monoisotopic (exact) mass is 273 g/mol. The van der Waals surface area contributed by atoms with E-state index >= 15 is 0 Å².